The molecule has 0 unspecified atom stereocenters. The van der Waals surface area contributed by atoms with Crippen LogP contribution in [0.3, 0.4) is 0 Å². The molecule has 0 amide bonds. The first-order chi connectivity index (χ1) is 8.56. The zero-order valence-electron chi connectivity index (χ0n) is 11.4. The van der Waals surface area contributed by atoms with Gasteiger partial charge >= 0.3 is 0 Å². The lowest BCUT2D eigenvalue weighted by Gasteiger charge is -2.12. The van der Waals surface area contributed by atoms with Gasteiger partial charge in [-0.2, -0.15) is 0 Å². The first kappa shape index (κ1) is 14.3. The minimum absolute atomic E-state index is 0.493. The van der Waals surface area contributed by atoms with Gasteiger partial charge < -0.3 is 10.1 Å². The van der Waals surface area contributed by atoms with E-state index in [0.29, 0.717) is 11.9 Å². The van der Waals surface area contributed by atoms with Crippen LogP contribution in [-0.2, 0) is 0 Å². The Balaban J connectivity index is 2.76. The van der Waals surface area contributed by atoms with E-state index in [-0.39, 0.29) is 0 Å². The topological polar surface area (TPSA) is 71.7 Å². The van der Waals surface area contributed by atoms with Crippen LogP contribution in [0.5, 0.6) is 5.75 Å². The largest absolute Gasteiger partial charge is 0.496 e. The minimum Gasteiger partial charge on any atom is -0.496 e. The summed E-state index contributed by atoms with van der Waals surface area (Å²) in [6.45, 7) is 6.93. The van der Waals surface area contributed by atoms with Gasteiger partial charge in [0.1, 0.15) is 5.75 Å². The molecule has 5 nitrogen and oxygen atoms in total. The molecule has 0 aromatic heterocycles. The Labute approximate surface area is 108 Å². The zero-order chi connectivity index (χ0) is 13.5. The number of anilines is 1. The summed E-state index contributed by atoms with van der Waals surface area (Å²) in [5.41, 5.74) is 4.54. The van der Waals surface area contributed by atoms with Crippen molar-refractivity contribution >= 4 is 11.6 Å². The average molecular weight is 250 g/mol. The van der Waals surface area contributed by atoms with Crippen molar-refractivity contribution in [3.05, 3.63) is 23.8 Å². The highest BCUT2D eigenvalue weighted by Gasteiger charge is 2.02. The Hall–Kier alpha value is -1.75. The molecule has 5 heteroatoms. The molecule has 0 fully saturated rings. The minimum atomic E-state index is 0.493. The maximum Gasteiger partial charge on any atom is 0.210 e. The van der Waals surface area contributed by atoms with Gasteiger partial charge in [-0.05, 0) is 36.6 Å². The third-order valence-corrected chi connectivity index (χ3v) is 2.41. The van der Waals surface area contributed by atoms with Gasteiger partial charge in [0, 0.05) is 12.2 Å². The number of nitrogens with two attached hydrogens (primary N) is 1. The number of aliphatic imine (C=N–C) groups is 1. The van der Waals surface area contributed by atoms with Crippen molar-refractivity contribution in [1.29, 1.82) is 0 Å². The van der Waals surface area contributed by atoms with E-state index in [1.54, 1.807) is 7.11 Å². The molecule has 0 radical (unpaired) electrons. The molecule has 0 saturated carbocycles. The standard InChI is InChI=1S/C13H22N4O/c1-9(2)8-15-13(17-14)16-11-5-6-12(18-4)10(3)7-11/h5-7,9H,8,14H2,1-4H3,(H2,15,16,17). The quantitative estimate of drug-likeness (QED) is 0.330. The van der Waals surface area contributed by atoms with Gasteiger partial charge in [0.15, 0.2) is 0 Å². The first-order valence-corrected chi connectivity index (χ1v) is 5.99. The monoisotopic (exact) mass is 250 g/mol. The van der Waals surface area contributed by atoms with Gasteiger partial charge in [0.05, 0.1) is 7.11 Å². The molecule has 1 rings (SSSR count). The Morgan fingerprint density at radius 2 is 2.17 bits per heavy atom. The predicted octanol–water partition coefficient (Wildman–Crippen LogP) is 1.89. The van der Waals surface area contributed by atoms with Crippen molar-refractivity contribution < 1.29 is 4.74 Å². The number of nitrogens with zero attached hydrogens (tertiary/aromatic N) is 1. The van der Waals surface area contributed by atoms with E-state index in [2.05, 4.69) is 29.6 Å². The molecule has 18 heavy (non-hydrogen) atoms. The SMILES string of the molecule is COc1ccc(NC(=NCC(C)C)NN)cc1C. The van der Waals surface area contributed by atoms with Crippen LogP contribution in [0.1, 0.15) is 19.4 Å². The highest BCUT2D eigenvalue weighted by atomic mass is 16.5. The fourth-order valence-electron chi connectivity index (χ4n) is 1.49. The van der Waals surface area contributed by atoms with Crippen LogP contribution < -0.4 is 21.3 Å². The maximum absolute atomic E-state index is 5.43. The maximum atomic E-state index is 5.43. The number of guanidine groups is 1. The van der Waals surface area contributed by atoms with E-state index < -0.39 is 0 Å². The number of hydrogen-bond acceptors (Lipinski definition) is 3. The van der Waals surface area contributed by atoms with Crippen LogP contribution in [0.25, 0.3) is 0 Å². The Bertz CT molecular complexity index is 415. The highest BCUT2D eigenvalue weighted by Crippen LogP contribution is 2.21. The molecule has 0 spiro atoms. The summed E-state index contributed by atoms with van der Waals surface area (Å²) in [6.07, 6.45) is 0. The van der Waals surface area contributed by atoms with E-state index in [1.165, 1.54) is 0 Å². The second-order valence-electron chi connectivity index (χ2n) is 4.54. The number of ether oxygens (including phenoxy) is 1. The van der Waals surface area contributed by atoms with Crippen molar-refractivity contribution in [1.82, 2.24) is 5.43 Å². The molecule has 0 heterocycles. The van der Waals surface area contributed by atoms with Gasteiger partial charge in [-0.1, -0.05) is 13.8 Å². The molecular formula is C13H22N4O. The van der Waals surface area contributed by atoms with E-state index in [1.807, 2.05) is 25.1 Å². The fourth-order valence-corrected chi connectivity index (χ4v) is 1.49. The summed E-state index contributed by atoms with van der Waals surface area (Å²) in [5, 5.41) is 3.13. The van der Waals surface area contributed by atoms with Gasteiger partial charge in [-0.15, -0.1) is 0 Å². The Morgan fingerprint density at radius 1 is 1.44 bits per heavy atom. The molecule has 0 aliphatic rings. The lowest BCUT2D eigenvalue weighted by Crippen LogP contribution is -2.36. The van der Waals surface area contributed by atoms with E-state index in [9.17, 15) is 0 Å². The molecule has 0 atom stereocenters. The average Bonchev–Trinajstić information content (AvgIpc) is 2.34. The van der Waals surface area contributed by atoms with Crippen LogP contribution in [0.2, 0.25) is 0 Å². The molecule has 4 N–H and O–H groups in total. The van der Waals surface area contributed by atoms with Crippen molar-refractivity contribution in [3.8, 4) is 5.75 Å². The van der Waals surface area contributed by atoms with E-state index in [0.717, 1.165) is 23.5 Å². The van der Waals surface area contributed by atoms with Crippen molar-refractivity contribution in [2.75, 3.05) is 19.0 Å². The first-order valence-electron chi connectivity index (χ1n) is 5.99. The number of benzene rings is 1. The molecule has 0 aliphatic heterocycles. The second-order valence-corrected chi connectivity index (χ2v) is 4.54. The smallest absolute Gasteiger partial charge is 0.210 e. The highest BCUT2D eigenvalue weighted by molar-refractivity contribution is 5.93. The third-order valence-electron chi connectivity index (χ3n) is 2.41. The van der Waals surface area contributed by atoms with Gasteiger partial charge in [-0.3, -0.25) is 10.4 Å². The number of rotatable bonds is 4. The summed E-state index contributed by atoms with van der Waals surface area (Å²) in [6, 6.07) is 5.82. The van der Waals surface area contributed by atoms with Crippen molar-refractivity contribution in [2.24, 2.45) is 16.8 Å². The predicted molar refractivity (Wildman–Crippen MR) is 75.8 cm³/mol. The molecular weight excluding hydrogens is 228 g/mol. The van der Waals surface area contributed by atoms with Crippen LogP contribution in [-0.4, -0.2) is 19.6 Å². The van der Waals surface area contributed by atoms with Crippen molar-refractivity contribution in [3.63, 3.8) is 0 Å². The summed E-state index contributed by atoms with van der Waals surface area (Å²) in [7, 11) is 1.66. The third kappa shape index (κ3) is 4.25. The Kier molecular flexibility index (Phi) is 5.45. The van der Waals surface area contributed by atoms with Crippen LogP contribution in [0.15, 0.2) is 23.2 Å². The fraction of sp³-hybridized carbons (Fsp3) is 0.462. The summed E-state index contributed by atoms with van der Waals surface area (Å²) in [5.74, 6) is 7.35. The number of aryl methyl sites for hydroxylation is 1. The Morgan fingerprint density at radius 3 is 2.67 bits per heavy atom. The van der Waals surface area contributed by atoms with Crippen LogP contribution >= 0.6 is 0 Å². The second kappa shape index (κ2) is 6.86. The lowest BCUT2D eigenvalue weighted by molar-refractivity contribution is 0.412. The molecule has 0 saturated heterocycles. The van der Waals surface area contributed by atoms with Crippen LogP contribution in [0, 0.1) is 12.8 Å². The van der Waals surface area contributed by atoms with Gasteiger partial charge in [0.25, 0.3) is 0 Å². The molecule has 100 valence electrons. The zero-order valence-corrected chi connectivity index (χ0v) is 11.4. The molecule has 1 aromatic carbocycles. The normalized spacial score (nSPS) is 11.6. The molecule has 1 aromatic rings. The number of hydrazine groups is 1. The summed E-state index contributed by atoms with van der Waals surface area (Å²) >= 11 is 0. The summed E-state index contributed by atoms with van der Waals surface area (Å²) < 4.78 is 5.21. The van der Waals surface area contributed by atoms with Crippen LogP contribution in [0.4, 0.5) is 5.69 Å². The van der Waals surface area contributed by atoms with Gasteiger partial charge in [0.2, 0.25) is 5.96 Å². The number of nitrogens with one attached hydrogen (secondary N) is 2. The van der Waals surface area contributed by atoms with E-state index in [4.69, 9.17) is 10.6 Å². The van der Waals surface area contributed by atoms with Gasteiger partial charge in [-0.25, -0.2) is 5.84 Å². The lowest BCUT2D eigenvalue weighted by atomic mass is 10.2. The number of hydrogen-bond donors (Lipinski definition) is 3. The van der Waals surface area contributed by atoms with E-state index >= 15 is 0 Å². The molecule has 0 bridgehead atoms. The molecule has 0 aliphatic carbocycles. The summed E-state index contributed by atoms with van der Waals surface area (Å²) in [4.78, 5) is 4.35. The van der Waals surface area contributed by atoms with Crippen molar-refractivity contribution in [2.45, 2.75) is 20.8 Å². The number of methoxy groups -OCH3 is 1.